The summed E-state index contributed by atoms with van der Waals surface area (Å²) in [5, 5.41) is 12.9. The Morgan fingerprint density at radius 2 is 1.78 bits per heavy atom. The van der Waals surface area contributed by atoms with Crippen molar-refractivity contribution in [3.8, 4) is 0 Å². The highest BCUT2D eigenvalue weighted by Crippen LogP contribution is 2.48. The molecule has 5 heteroatoms. The summed E-state index contributed by atoms with van der Waals surface area (Å²) in [6, 6.07) is 0.168. The molecule has 2 saturated carbocycles. The van der Waals surface area contributed by atoms with Gasteiger partial charge in [-0.15, -0.1) is 0 Å². The average Bonchev–Trinajstić information content (AvgIpc) is 3.15. The van der Waals surface area contributed by atoms with Crippen LogP contribution in [0.1, 0.15) is 46.0 Å². The van der Waals surface area contributed by atoms with Gasteiger partial charge in [-0.05, 0) is 43.9 Å². The van der Waals surface area contributed by atoms with Gasteiger partial charge >= 0.3 is 0 Å². The molecule has 3 fully saturated rings. The van der Waals surface area contributed by atoms with Crippen LogP contribution in [0.3, 0.4) is 0 Å². The first-order chi connectivity index (χ1) is 11.0. The van der Waals surface area contributed by atoms with Gasteiger partial charge in [0.15, 0.2) is 0 Å². The second kappa shape index (κ2) is 6.80. The van der Waals surface area contributed by atoms with E-state index in [-0.39, 0.29) is 42.2 Å². The zero-order valence-electron chi connectivity index (χ0n) is 14.3. The minimum absolute atomic E-state index is 0.0182. The van der Waals surface area contributed by atoms with E-state index in [0.717, 1.165) is 19.3 Å². The van der Waals surface area contributed by atoms with Gasteiger partial charge < -0.3 is 15.3 Å². The molecule has 130 valence electrons. The number of nitrogens with one attached hydrogen (secondary N) is 1. The van der Waals surface area contributed by atoms with E-state index >= 15 is 0 Å². The summed E-state index contributed by atoms with van der Waals surface area (Å²) in [6.45, 7) is 5.41. The van der Waals surface area contributed by atoms with Gasteiger partial charge in [-0.1, -0.05) is 13.8 Å². The van der Waals surface area contributed by atoms with E-state index in [9.17, 15) is 14.7 Å². The SMILES string of the molecule is CC(C)C(=O)N1CCC(C(=O)NC2C3CCC(C3)C2CO)CC1. The van der Waals surface area contributed by atoms with Gasteiger partial charge in [0.25, 0.3) is 0 Å². The number of aliphatic hydroxyl groups excluding tert-OH is 1. The van der Waals surface area contributed by atoms with Crippen LogP contribution in [0.2, 0.25) is 0 Å². The van der Waals surface area contributed by atoms with Gasteiger partial charge in [0.1, 0.15) is 0 Å². The highest BCUT2D eigenvalue weighted by atomic mass is 16.3. The van der Waals surface area contributed by atoms with Gasteiger partial charge in [0.05, 0.1) is 0 Å². The molecule has 2 amide bonds. The normalized spacial score (nSPS) is 34.2. The van der Waals surface area contributed by atoms with E-state index in [2.05, 4.69) is 5.32 Å². The van der Waals surface area contributed by atoms with Crippen LogP contribution in [-0.4, -0.2) is 47.6 Å². The van der Waals surface area contributed by atoms with Crippen molar-refractivity contribution < 1.29 is 14.7 Å². The molecule has 5 nitrogen and oxygen atoms in total. The lowest BCUT2D eigenvalue weighted by atomic mass is 9.84. The van der Waals surface area contributed by atoms with Crippen molar-refractivity contribution in [2.45, 2.75) is 52.0 Å². The summed E-state index contributed by atoms with van der Waals surface area (Å²) in [5.41, 5.74) is 0. The third-order valence-corrected chi connectivity index (χ3v) is 6.28. The Hall–Kier alpha value is -1.10. The van der Waals surface area contributed by atoms with E-state index in [1.165, 1.54) is 12.8 Å². The molecule has 23 heavy (non-hydrogen) atoms. The zero-order chi connectivity index (χ0) is 16.6. The number of hydrogen-bond donors (Lipinski definition) is 2. The smallest absolute Gasteiger partial charge is 0.225 e. The summed E-state index contributed by atoms with van der Waals surface area (Å²) in [4.78, 5) is 26.5. The van der Waals surface area contributed by atoms with E-state index in [1.54, 1.807) is 0 Å². The molecule has 0 aromatic rings. The fourth-order valence-electron chi connectivity index (χ4n) is 4.91. The second-order valence-electron chi connectivity index (χ2n) is 7.97. The monoisotopic (exact) mass is 322 g/mol. The summed E-state index contributed by atoms with van der Waals surface area (Å²) >= 11 is 0. The van der Waals surface area contributed by atoms with Gasteiger partial charge in [-0.3, -0.25) is 9.59 Å². The standard InChI is InChI=1S/C18H30N2O3/c1-11(2)18(23)20-7-5-12(6-8-20)17(22)19-16-14-4-3-13(9-14)15(16)10-21/h11-16,21H,3-10H2,1-2H3,(H,19,22). The number of piperidine rings is 1. The van der Waals surface area contributed by atoms with Crippen LogP contribution < -0.4 is 5.32 Å². The molecular weight excluding hydrogens is 292 g/mol. The first kappa shape index (κ1) is 16.7. The van der Waals surface area contributed by atoms with Crippen molar-refractivity contribution in [2.24, 2.45) is 29.6 Å². The fraction of sp³-hybridized carbons (Fsp3) is 0.889. The Morgan fingerprint density at radius 1 is 1.13 bits per heavy atom. The topological polar surface area (TPSA) is 69.6 Å². The van der Waals surface area contributed by atoms with Crippen LogP contribution >= 0.6 is 0 Å². The Labute approximate surface area is 138 Å². The van der Waals surface area contributed by atoms with E-state index in [1.807, 2.05) is 18.7 Å². The molecule has 1 saturated heterocycles. The molecule has 4 atom stereocenters. The minimum atomic E-state index is 0.0182. The van der Waals surface area contributed by atoms with Crippen molar-refractivity contribution >= 4 is 11.8 Å². The maximum atomic E-state index is 12.6. The van der Waals surface area contributed by atoms with Gasteiger partial charge in [-0.2, -0.15) is 0 Å². The first-order valence-corrected chi connectivity index (χ1v) is 9.21. The fourth-order valence-corrected chi connectivity index (χ4v) is 4.91. The van der Waals surface area contributed by atoms with Crippen LogP contribution in [-0.2, 0) is 9.59 Å². The van der Waals surface area contributed by atoms with Crippen molar-refractivity contribution in [2.75, 3.05) is 19.7 Å². The van der Waals surface area contributed by atoms with Gasteiger partial charge in [-0.25, -0.2) is 0 Å². The Balaban J connectivity index is 1.51. The number of rotatable bonds is 4. The predicted molar refractivity (Wildman–Crippen MR) is 87.5 cm³/mol. The lowest BCUT2D eigenvalue weighted by Crippen LogP contribution is -2.50. The Morgan fingerprint density at radius 3 is 2.39 bits per heavy atom. The Kier molecular flexibility index (Phi) is 4.95. The molecule has 0 spiro atoms. The van der Waals surface area contributed by atoms with Crippen LogP contribution in [0, 0.1) is 29.6 Å². The maximum absolute atomic E-state index is 12.6. The molecule has 3 rings (SSSR count). The van der Waals surface area contributed by atoms with Gasteiger partial charge in [0, 0.05) is 43.5 Å². The highest BCUT2D eigenvalue weighted by Gasteiger charge is 2.48. The highest BCUT2D eigenvalue weighted by molar-refractivity contribution is 5.81. The molecule has 0 aromatic carbocycles. The van der Waals surface area contributed by atoms with Crippen molar-refractivity contribution in [1.29, 1.82) is 0 Å². The minimum Gasteiger partial charge on any atom is -0.396 e. The Bertz CT molecular complexity index is 457. The number of carbonyl (C=O) groups is 2. The summed E-state index contributed by atoms with van der Waals surface area (Å²) in [6.07, 6.45) is 5.08. The van der Waals surface area contributed by atoms with Crippen LogP contribution in [0.15, 0.2) is 0 Å². The number of hydrogen-bond acceptors (Lipinski definition) is 3. The maximum Gasteiger partial charge on any atom is 0.225 e. The third kappa shape index (κ3) is 3.25. The number of fused-ring (bicyclic) bond motifs is 2. The molecule has 0 radical (unpaired) electrons. The molecule has 2 bridgehead atoms. The number of carbonyl (C=O) groups excluding carboxylic acids is 2. The van der Waals surface area contributed by atoms with Crippen molar-refractivity contribution in [3.05, 3.63) is 0 Å². The summed E-state index contributed by atoms with van der Waals surface area (Å²) in [7, 11) is 0. The quantitative estimate of drug-likeness (QED) is 0.822. The molecule has 3 aliphatic rings. The van der Waals surface area contributed by atoms with E-state index in [4.69, 9.17) is 0 Å². The molecule has 4 unspecified atom stereocenters. The van der Waals surface area contributed by atoms with E-state index < -0.39 is 0 Å². The van der Waals surface area contributed by atoms with Crippen LogP contribution in [0.25, 0.3) is 0 Å². The lowest BCUT2D eigenvalue weighted by molar-refractivity contribution is -0.138. The molecular formula is C18H30N2O3. The summed E-state index contributed by atoms with van der Waals surface area (Å²) in [5.74, 6) is 1.78. The molecule has 2 aliphatic carbocycles. The summed E-state index contributed by atoms with van der Waals surface area (Å²) < 4.78 is 0. The largest absolute Gasteiger partial charge is 0.396 e. The lowest BCUT2D eigenvalue weighted by Gasteiger charge is -2.35. The predicted octanol–water partition coefficient (Wildman–Crippen LogP) is 1.40. The number of aliphatic hydroxyl groups is 1. The van der Waals surface area contributed by atoms with Gasteiger partial charge in [0.2, 0.25) is 11.8 Å². The molecule has 1 aliphatic heterocycles. The third-order valence-electron chi connectivity index (χ3n) is 6.28. The number of nitrogens with zero attached hydrogens (tertiary/aromatic N) is 1. The number of amides is 2. The van der Waals surface area contributed by atoms with Crippen molar-refractivity contribution in [1.82, 2.24) is 10.2 Å². The second-order valence-corrected chi connectivity index (χ2v) is 7.97. The number of likely N-dealkylation sites (tertiary alicyclic amines) is 1. The molecule has 2 N–H and O–H groups in total. The van der Waals surface area contributed by atoms with Crippen molar-refractivity contribution in [3.63, 3.8) is 0 Å². The first-order valence-electron chi connectivity index (χ1n) is 9.21. The van der Waals surface area contributed by atoms with Crippen LogP contribution in [0.4, 0.5) is 0 Å². The average molecular weight is 322 g/mol. The zero-order valence-corrected chi connectivity index (χ0v) is 14.3. The molecule has 1 heterocycles. The molecule has 0 aromatic heterocycles. The van der Waals surface area contributed by atoms with E-state index in [0.29, 0.717) is 24.9 Å². The van der Waals surface area contributed by atoms with Crippen LogP contribution in [0.5, 0.6) is 0 Å².